The lowest BCUT2D eigenvalue weighted by molar-refractivity contribution is -0.176. The minimum atomic E-state index is -4.23. The topological polar surface area (TPSA) is 124 Å². The Labute approximate surface area is 241 Å². The molecule has 15 heteroatoms. The number of nitrogens with one attached hydrogen (secondary N) is 1. The molecule has 2 aromatic carbocycles. The largest absolute Gasteiger partial charge is 0.391 e. The fourth-order valence-corrected chi connectivity index (χ4v) is 9.32. The fraction of sp³-hybridized carbons (Fsp3) is 0.480. The van der Waals surface area contributed by atoms with Crippen LogP contribution in [0.15, 0.2) is 41.3 Å². The predicted octanol–water partition coefficient (Wildman–Crippen LogP) is -0.320. The molecule has 7 nitrogen and oxygen atoms in total. The molecule has 2 aliphatic rings. The second-order valence-electron chi connectivity index (χ2n) is 12.7. The van der Waals surface area contributed by atoms with E-state index >= 15 is 0 Å². The Kier molecular flexibility index (Phi) is 7.67. The third-order valence-electron chi connectivity index (χ3n) is 10.0. The van der Waals surface area contributed by atoms with Gasteiger partial charge in [-0.05, 0) is 61.9 Å². The molecular formula is C25H32B4ClF2NO6S. The van der Waals surface area contributed by atoms with Crippen molar-refractivity contribution in [1.82, 2.24) is 0 Å². The van der Waals surface area contributed by atoms with Gasteiger partial charge in [-0.1, -0.05) is 29.1 Å². The van der Waals surface area contributed by atoms with Gasteiger partial charge in [-0.2, -0.15) is 0 Å². The first-order chi connectivity index (χ1) is 18.2. The molecule has 0 heterocycles. The van der Waals surface area contributed by atoms with E-state index < -0.39 is 72.2 Å². The molecule has 2 saturated carbocycles. The van der Waals surface area contributed by atoms with Gasteiger partial charge in [0.25, 0.3) is 5.91 Å². The van der Waals surface area contributed by atoms with Crippen LogP contribution in [0.25, 0.3) is 0 Å². The Balaban J connectivity index is 1.74. The number of aliphatic hydroxyl groups is 3. The summed E-state index contributed by atoms with van der Waals surface area (Å²) in [6, 6.07) is 6.62. The number of amides is 1. The molecule has 4 N–H and O–H groups in total. The van der Waals surface area contributed by atoms with Crippen LogP contribution in [0.2, 0.25) is 15.6 Å². The first-order valence-corrected chi connectivity index (χ1v) is 15.0. The number of hydrogen-bond donors (Lipinski definition) is 4. The summed E-state index contributed by atoms with van der Waals surface area (Å²) >= 11 is 6.39. The maximum Gasteiger partial charge on any atom is 0.255 e. The summed E-state index contributed by atoms with van der Waals surface area (Å²) in [4.78, 5) is 12.6. The van der Waals surface area contributed by atoms with E-state index in [-0.39, 0.29) is 34.0 Å². The molecule has 0 spiro atoms. The van der Waals surface area contributed by atoms with Gasteiger partial charge in [0.15, 0.2) is 21.5 Å². The fourth-order valence-electron chi connectivity index (χ4n) is 6.99. The van der Waals surface area contributed by atoms with Crippen molar-refractivity contribution in [1.29, 1.82) is 0 Å². The quantitative estimate of drug-likeness (QED) is 0.342. The molecule has 4 rings (SSSR count). The van der Waals surface area contributed by atoms with E-state index in [0.29, 0.717) is 0 Å². The lowest BCUT2D eigenvalue weighted by Crippen LogP contribution is -2.63. The van der Waals surface area contributed by atoms with Crippen molar-refractivity contribution in [3.63, 3.8) is 0 Å². The summed E-state index contributed by atoms with van der Waals surface area (Å²) in [5, 5.41) is 34.3. The smallest absolute Gasteiger partial charge is 0.255 e. The molecule has 2 aliphatic carbocycles. The zero-order valence-corrected chi connectivity index (χ0v) is 24.9. The average Bonchev–Trinajstić information content (AvgIpc) is 2.91. The number of halogens is 3. The monoisotopic (exact) mass is 591 g/mol. The Bertz CT molecular complexity index is 1450. The summed E-state index contributed by atoms with van der Waals surface area (Å²) in [5.74, 6) is -4.37. The first kappa shape index (κ1) is 31.1. The van der Waals surface area contributed by atoms with Gasteiger partial charge in [-0.15, -0.1) is 0 Å². The lowest BCUT2D eigenvalue weighted by atomic mass is 9.35. The average molecular weight is 591 g/mol. The van der Waals surface area contributed by atoms with Crippen LogP contribution in [0.3, 0.4) is 0 Å². The zero-order chi connectivity index (χ0) is 30.2. The van der Waals surface area contributed by atoms with Crippen LogP contribution in [0, 0.1) is 23.5 Å². The van der Waals surface area contributed by atoms with Gasteiger partial charge in [-0.25, -0.2) is 17.2 Å². The number of fused-ring (bicyclic) bond motifs is 2. The molecule has 0 aliphatic heterocycles. The highest BCUT2D eigenvalue weighted by atomic mass is 35.5. The van der Waals surface area contributed by atoms with Crippen molar-refractivity contribution in [2.45, 2.75) is 64.6 Å². The number of hydrogen-bond acceptors (Lipinski definition) is 6. The van der Waals surface area contributed by atoms with Crippen LogP contribution >= 0.6 is 11.6 Å². The van der Waals surface area contributed by atoms with Gasteiger partial charge in [0.05, 0.1) is 37.3 Å². The molecule has 1 amide bonds. The third kappa shape index (κ3) is 4.45. The Morgan fingerprint density at radius 3 is 2.20 bits per heavy atom. The molecule has 212 valence electrons. The minimum absolute atomic E-state index is 0.0144. The van der Waals surface area contributed by atoms with E-state index in [1.54, 1.807) is 7.85 Å². The summed E-state index contributed by atoms with van der Waals surface area (Å²) in [7, 11) is 3.16. The van der Waals surface area contributed by atoms with Crippen LogP contribution in [0.4, 0.5) is 14.5 Å². The number of carbonyl (C=O) groups is 1. The van der Waals surface area contributed by atoms with Crippen LogP contribution in [-0.4, -0.2) is 83.5 Å². The highest BCUT2D eigenvalue weighted by Crippen LogP contribution is 2.75. The molecule has 0 radical (unpaired) electrons. The third-order valence-corrected chi connectivity index (χ3v) is 13.0. The van der Waals surface area contributed by atoms with Crippen LogP contribution < -0.4 is 5.32 Å². The zero-order valence-electron chi connectivity index (χ0n) is 23.3. The van der Waals surface area contributed by atoms with E-state index in [4.69, 9.17) is 11.6 Å². The maximum atomic E-state index is 14.3. The summed E-state index contributed by atoms with van der Waals surface area (Å²) in [5.41, 5.74) is -1.80. The normalized spacial score (nSPS) is 32.8. The standard InChI is InChI=1S/C25H32B4ClF2NO6S/c1-11(34)20(35)24(37)18-9-23(27,10-19(24)25(28,29)22(18,2)26)40(38,39)17-7-12(3-5-14(17)30)21(36)33-13-4-6-15(31)16(32)8-13/h3-8,11,18-20,34-35,37H,9-10,26-29H2,1-2H3,(H,33,36)/t11?,18-,19-,20?,22?,23-,24+/m1/s1. The summed E-state index contributed by atoms with van der Waals surface area (Å²) in [6.07, 6.45) is -2.77. The van der Waals surface area contributed by atoms with Gasteiger partial charge >= 0.3 is 0 Å². The number of benzene rings is 2. The molecule has 7 atom stereocenters. The van der Waals surface area contributed by atoms with E-state index in [1.165, 1.54) is 25.1 Å². The Hall–Kier alpha value is -1.85. The molecule has 3 unspecified atom stereocenters. The van der Waals surface area contributed by atoms with E-state index in [0.717, 1.165) is 18.2 Å². The molecule has 40 heavy (non-hydrogen) atoms. The second kappa shape index (κ2) is 9.87. The van der Waals surface area contributed by atoms with Crippen molar-refractivity contribution in [3.8, 4) is 0 Å². The van der Waals surface area contributed by atoms with Crippen molar-refractivity contribution in [3.05, 3.63) is 58.6 Å². The Morgan fingerprint density at radius 2 is 1.65 bits per heavy atom. The van der Waals surface area contributed by atoms with Crippen molar-refractivity contribution < 1.29 is 37.3 Å². The van der Waals surface area contributed by atoms with Crippen molar-refractivity contribution >= 4 is 64.4 Å². The maximum absolute atomic E-state index is 14.3. The number of sulfone groups is 1. The summed E-state index contributed by atoms with van der Waals surface area (Å²) < 4.78 is 54.1. The lowest BCUT2D eigenvalue weighted by Gasteiger charge is -2.52. The molecule has 0 saturated heterocycles. The molecule has 0 aromatic heterocycles. The van der Waals surface area contributed by atoms with Crippen molar-refractivity contribution in [2.24, 2.45) is 11.8 Å². The minimum Gasteiger partial charge on any atom is -0.391 e. The number of rotatable bonds is 6. The van der Waals surface area contributed by atoms with Gasteiger partial charge in [-0.3, -0.25) is 4.79 Å². The van der Waals surface area contributed by atoms with Crippen molar-refractivity contribution in [2.75, 3.05) is 5.32 Å². The van der Waals surface area contributed by atoms with Crippen LogP contribution in [0.1, 0.15) is 37.0 Å². The molecule has 2 fully saturated rings. The highest BCUT2D eigenvalue weighted by Gasteiger charge is 2.74. The number of aliphatic hydroxyl groups excluding tert-OH is 2. The van der Waals surface area contributed by atoms with Gasteiger partial charge < -0.3 is 20.6 Å². The molecule has 2 aromatic rings. The SMILES string of the molecule is BC1(B)[C@@H]2C[C@](B)(S(=O)(=O)c3cc(C(=O)Nc4ccc(F)c(F)c4)ccc3Cl)C[C@H](C1(B)C)[C@@]2(O)C(O)C(C)O. The van der Waals surface area contributed by atoms with Gasteiger partial charge in [0, 0.05) is 22.0 Å². The first-order valence-electron chi connectivity index (χ1n) is 13.1. The number of anilines is 1. The van der Waals surface area contributed by atoms with Crippen LogP contribution in [0.5, 0.6) is 0 Å². The predicted molar refractivity (Wildman–Crippen MR) is 160 cm³/mol. The molecule has 2 bridgehead atoms. The highest BCUT2D eigenvalue weighted by molar-refractivity contribution is 7.94. The Morgan fingerprint density at radius 1 is 1.05 bits per heavy atom. The van der Waals surface area contributed by atoms with E-state index in [9.17, 15) is 37.3 Å². The van der Waals surface area contributed by atoms with Crippen LogP contribution in [-0.2, 0) is 9.84 Å². The molecular weight excluding hydrogens is 559 g/mol. The van der Waals surface area contributed by atoms with Gasteiger partial charge in [0.1, 0.15) is 21.8 Å². The summed E-state index contributed by atoms with van der Waals surface area (Å²) in [6.45, 7) is 3.33. The van der Waals surface area contributed by atoms with E-state index in [2.05, 4.69) is 5.32 Å². The van der Waals surface area contributed by atoms with E-state index in [1.807, 2.05) is 30.5 Å². The second-order valence-corrected chi connectivity index (χ2v) is 15.6. The number of carbonyl (C=O) groups excluding carboxylic acids is 1. The van der Waals surface area contributed by atoms with Gasteiger partial charge in [0.2, 0.25) is 0 Å².